The van der Waals surface area contributed by atoms with Gasteiger partial charge in [-0.1, -0.05) is 17.4 Å². The molecule has 0 radical (unpaired) electrons. The van der Waals surface area contributed by atoms with Crippen molar-refractivity contribution < 1.29 is 87.3 Å². The van der Waals surface area contributed by atoms with Gasteiger partial charge in [0.25, 0.3) is 50.6 Å². The molecule has 0 unspecified atom stereocenters. The zero-order valence-corrected chi connectivity index (χ0v) is 49.2. The molecule has 0 aliphatic heterocycles. The molecule has 0 atom stereocenters. The molecule has 0 fully saturated rings. The molecular formula is C45H40N10O20S8. The van der Waals surface area contributed by atoms with E-state index in [2.05, 4.69) is 40.7 Å². The van der Waals surface area contributed by atoms with Crippen LogP contribution >= 0.6 is 23.1 Å². The third-order valence-electron chi connectivity index (χ3n) is 11.7. The van der Waals surface area contributed by atoms with Crippen LogP contribution in [0, 0.1) is 39.0 Å². The van der Waals surface area contributed by atoms with E-state index in [0.29, 0.717) is 16.0 Å². The number of nitriles is 1. The molecule has 0 spiro atoms. The van der Waals surface area contributed by atoms with Crippen molar-refractivity contribution in [1.82, 2.24) is 14.4 Å². The summed E-state index contributed by atoms with van der Waals surface area (Å²) in [6.07, 6.45) is -0.203. The first kappa shape index (κ1) is 63.2. The van der Waals surface area contributed by atoms with Crippen molar-refractivity contribution in [2.24, 2.45) is 30.7 Å². The van der Waals surface area contributed by atoms with Crippen molar-refractivity contribution in [3.05, 3.63) is 88.5 Å². The van der Waals surface area contributed by atoms with E-state index in [-0.39, 0.29) is 119 Å². The van der Waals surface area contributed by atoms with Crippen LogP contribution in [0.3, 0.4) is 0 Å². The monoisotopic (exact) mass is 1300 g/mol. The number of rotatable bonds is 19. The number of thiazole rings is 1. The number of hydrogen-bond acceptors (Lipinski definition) is 26. The predicted molar refractivity (Wildman–Crippen MR) is 298 cm³/mol. The molecule has 5 aromatic carbocycles. The summed E-state index contributed by atoms with van der Waals surface area (Å²) in [5.41, 5.74) is 1.09. The average Bonchev–Trinajstić information content (AvgIpc) is 4.04. The first-order valence-electron chi connectivity index (χ1n) is 22.9. The third-order valence-corrected chi connectivity index (χ3v) is 18.1. The number of benzene rings is 5. The van der Waals surface area contributed by atoms with Gasteiger partial charge >= 0.3 is 10.6 Å². The lowest BCUT2D eigenvalue weighted by Crippen LogP contribution is -2.08. The van der Waals surface area contributed by atoms with Gasteiger partial charge in [0.2, 0.25) is 11.0 Å². The van der Waals surface area contributed by atoms with E-state index in [9.17, 15) is 75.2 Å². The number of aromatic nitrogens is 3. The molecule has 3 heterocycles. The molecule has 0 aliphatic rings. The quantitative estimate of drug-likeness (QED) is 0.0190. The van der Waals surface area contributed by atoms with Crippen molar-refractivity contribution in [1.29, 1.82) is 5.26 Å². The van der Waals surface area contributed by atoms with E-state index in [1.807, 2.05) is 6.07 Å². The molecule has 38 heteroatoms. The van der Waals surface area contributed by atoms with Crippen LogP contribution in [0.25, 0.3) is 37.7 Å². The zero-order chi connectivity index (χ0) is 61.3. The van der Waals surface area contributed by atoms with E-state index in [4.69, 9.17) is 17.4 Å². The Balaban J connectivity index is 0.00000240. The molecule has 0 saturated carbocycles. The van der Waals surface area contributed by atoms with Crippen LogP contribution in [0.4, 0.5) is 33.6 Å². The lowest BCUT2D eigenvalue weighted by atomic mass is 10.1. The largest absolute Gasteiger partial charge is 0.493 e. The highest BCUT2D eigenvalue weighted by atomic mass is 32.2. The van der Waals surface area contributed by atoms with Gasteiger partial charge in [0.1, 0.15) is 33.5 Å². The summed E-state index contributed by atoms with van der Waals surface area (Å²) in [5.74, 6) is -1.79. The van der Waals surface area contributed by atoms with Crippen LogP contribution < -0.4 is 4.74 Å². The smallest absolute Gasteiger partial charge is 0.425 e. The summed E-state index contributed by atoms with van der Waals surface area (Å²) in [4.78, 5) is 7.47. The van der Waals surface area contributed by atoms with Gasteiger partial charge in [-0.3, -0.25) is 27.2 Å². The fourth-order valence-corrected chi connectivity index (χ4v) is 13.0. The average molecular weight is 1300 g/mol. The number of imidazole rings is 1. The SMILES string of the molecule is Cc1cc(N=Nc2cc(OCCCS(=O)(=O)O)c(N=Nc3c(C)c(C#N)c4nc5ccc(S(=O)(=O)O)c(C)c5n4c3O)cc2C)c(SCCCS(=O)(=O)O)cc1N=Nc1nc2c(S(=O)(=O)O)cc3ccc(S(=O)(=O)O)cc3c2s1.O=S(=O)=O. The Kier molecular flexibility index (Phi) is 18.6. The topological polar surface area (TPSA) is 481 Å². The standard InChI is InChI=1S/C45H40N10O17S7.O3S/c1-22-15-33(51-53-39-24(3)29(21-46)43-47-30-9-10-37(78(66,67)68)25(4)41(30)55(43)44(39)56)35(72-11-5-13-75(57,58)59)19-31(22)49-52-34-16-23(2)32(20-36(34)73-12-6-14-76(60,61)62)50-54-45-48-40-38(79(69,70)71)17-26-7-8-27(77(63,64)65)18-28(26)42(40)74-45;1-4(2)3/h7-10,15-20,56H,5-6,11-14H2,1-4H3,(H,57,58,59)(H,60,61,62)(H,63,64,65)(H,66,67,68)(H,69,70,71);. The molecule has 8 rings (SSSR count). The van der Waals surface area contributed by atoms with Crippen molar-refractivity contribution in [2.75, 3.05) is 23.9 Å². The second-order valence-electron chi connectivity index (χ2n) is 17.5. The van der Waals surface area contributed by atoms with Gasteiger partial charge < -0.3 is 9.84 Å². The molecule has 0 bridgehead atoms. The van der Waals surface area contributed by atoms with Gasteiger partial charge in [0, 0.05) is 21.9 Å². The van der Waals surface area contributed by atoms with E-state index in [1.54, 1.807) is 19.9 Å². The molecule has 438 valence electrons. The highest BCUT2D eigenvalue weighted by Crippen LogP contribution is 2.44. The van der Waals surface area contributed by atoms with Gasteiger partial charge in [-0.25, -0.2) is 9.97 Å². The van der Waals surface area contributed by atoms with Crippen molar-refractivity contribution in [3.63, 3.8) is 0 Å². The van der Waals surface area contributed by atoms with Crippen LogP contribution in [0.5, 0.6) is 11.6 Å². The highest BCUT2D eigenvalue weighted by Gasteiger charge is 2.26. The van der Waals surface area contributed by atoms with Crippen LogP contribution in [0.15, 0.2) is 111 Å². The number of pyridine rings is 1. The van der Waals surface area contributed by atoms with Gasteiger partial charge in [0.15, 0.2) is 11.3 Å². The van der Waals surface area contributed by atoms with Crippen LogP contribution in [0.1, 0.15) is 40.7 Å². The fourth-order valence-electron chi connectivity index (χ4n) is 7.98. The Labute approximate surface area is 480 Å². The van der Waals surface area contributed by atoms with Crippen LogP contribution in [-0.2, 0) is 61.2 Å². The summed E-state index contributed by atoms with van der Waals surface area (Å²) in [6, 6.07) is 14.8. The van der Waals surface area contributed by atoms with Gasteiger partial charge in [-0.2, -0.15) is 52.5 Å². The van der Waals surface area contributed by atoms with E-state index < -0.39 is 93.3 Å². The summed E-state index contributed by atoms with van der Waals surface area (Å²) in [7, 11) is -26.1. The number of aromatic hydroxyl groups is 1. The van der Waals surface area contributed by atoms with Crippen molar-refractivity contribution >= 4 is 156 Å². The molecule has 0 aliphatic carbocycles. The Morgan fingerprint density at radius 1 is 0.675 bits per heavy atom. The second-order valence-corrected chi connectivity index (χ2v) is 27.3. The molecule has 83 heavy (non-hydrogen) atoms. The molecule has 6 N–H and O–H groups in total. The Hall–Kier alpha value is -7.39. The predicted octanol–water partition coefficient (Wildman–Crippen LogP) is 9.07. The molecular weight excluding hydrogens is 1260 g/mol. The lowest BCUT2D eigenvalue weighted by Gasteiger charge is -2.12. The molecule has 0 saturated heterocycles. The van der Waals surface area contributed by atoms with E-state index in [0.717, 1.165) is 51.8 Å². The Morgan fingerprint density at radius 2 is 1.27 bits per heavy atom. The van der Waals surface area contributed by atoms with Crippen LogP contribution in [0.2, 0.25) is 0 Å². The zero-order valence-electron chi connectivity index (χ0n) is 42.7. The molecule has 0 amide bonds. The maximum Gasteiger partial charge on any atom is 0.425 e. The van der Waals surface area contributed by atoms with Crippen molar-refractivity contribution in [3.8, 4) is 17.7 Å². The molecule has 3 aromatic heterocycles. The van der Waals surface area contributed by atoms with Gasteiger partial charge in [0.05, 0.1) is 60.7 Å². The minimum absolute atomic E-state index is 0.000778. The summed E-state index contributed by atoms with van der Waals surface area (Å²) < 4.78 is 200. The number of hydrogen-bond donors (Lipinski definition) is 6. The fraction of sp³-hybridized carbons (Fsp3) is 0.222. The van der Waals surface area contributed by atoms with Gasteiger partial charge in [-0.15, -0.1) is 50.0 Å². The number of fused-ring (bicyclic) bond motifs is 6. The van der Waals surface area contributed by atoms with E-state index in [1.165, 1.54) is 44.2 Å². The highest BCUT2D eigenvalue weighted by molar-refractivity contribution is 7.99. The first-order chi connectivity index (χ1) is 38.6. The number of ether oxygens (including phenoxy) is 1. The third kappa shape index (κ3) is 15.1. The minimum Gasteiger partial charge on any atom is -0.493 e. The van der Waals surface area contributed by atoms with Gasteiger partial charge in [-0.05, 0) is 117 Å². The number of azo groups is 3. The van der Waals surface area contributed by atoms with Crippen molar-refractivity contribution in [2.45, 2.75) is 60.1 Å². The number of aryl methyl sites for hydroxylation is 3. The maximum atomic E-state index is 12.5. The normalized spacial score (nSPS) is 12.8. The second kappa shape index (κ2) is 24.4. The van der Waals surface area contributed by atoms with E-state index >= 15 is 0 Å². The first-order valence-corrected chi connectivity index (χ1v) is 33.2. The number of thioether (sulfide) groups is 1. The maximum absolute atomic E-state index is 12.5. The Bertz CT molecular complexity index is 4870. The minimum atomic E-state index is -4.88. The molecule has 30 nitrogen and oxygen atoms in total. The summed E-state index contributed by atoms with van der Waals surface area (Å²) >= 11 is 1.90. The summed E-state index contributed by atoms with van der Waals surface area (Å²) in [6.45, 7) is 5.78. The van der Waals surface area contributed by atoms with Crippen LogP contribution in [-0.4, -0.2) is 121 Å². The Morgan fingerprint density at radius 3 is 1.88 bits per heavy atom. The number of nitrogens with zero attached hydrogens (tertiary/aromatic N) is 10. The molecule has 8 aromatic rings. The summed E-state index contributed by atoms with van der Waals surface area (Å²) in [5, 5.41) is 48.2. The lowest BCUT2D eigenvalue weighted by molar-refractivity contribution is 0.317.